The van der Waals surface area contributed by atoms with Crippen molar-refractivity contribution in [1.82, 2.24) is 15.1 Å². The molecule has 1 atom stereocenters. The molecular formula is C16H17FN4O3S. The van der Waals surface area contributed by atoms with E-state index in [4.69, 9.17) is 5.11 Å². The Morgan fingerprint density at radius 3 is 2.96 bits per heavy atom. The zero-order chi connectivity index (χ0) is 18.0. The standard InChI is InChI=1S/C16H17FN4O3S/c1-9-4-5-11(17)7-12(9)13-19-20-15(25-13)18-16(24)21-6-2-3-10(8-21)14(22)23/h4-5,7,10H,2-3,6,8H2,1H3,(H,22,23)(H,18,20,24). The highest BCUT2D eigenvalue weighted by molar-refractivity contribution is 7.18. The highest BCUT2D eigenvalue weighted by Gasteiger charge is 2.28. The van der Waals surface area contributed by atoms with E-state index in [1.165, 1.54) is 17.0 Å². The van der Waals surface area contributed by atoms with Crippen LogP contribution in [0.1, 0.15) is 18.4 Å². The van der Waals surface area contributed by atoms with Gasteiger partial charge in [0.05, 0.1) is 5.92 Å². The average Bonchev–Trinajstić information content (AvgIpc) is 3.05. The molecule has 3 rings (SSSR count). The van der Waals surface area contributed by atoms with Crippen LogP contribution in [-0.2, 0) is 4.79 Å². The van der Waals surface area contributed by atoms with Gasteiger partial charge in [0.1, 0.15) is 10.8 Å². The first kappa shape index (κ1) is 17.3. The lowest BCUT2D eigenvalue weighted by atomic mass is 9.99. The van der Waals surface area contributed by atoms with Crippen molar-refractivity contribution in [3.63, 3.8) is 0 Å². The van der Waals surface area contributed by atoms with Crippen LogP contribution >= 0.6 is 11.3 Å². The average molecular weight is 364 g/mol. The number of urea groups is 1. The number of halogens is 1. The number of amides is 2. The number of piperidine rings is 1. The van der Waals surface area contributed by atoms with Crippen LogP contribution in [-0.4, -0.2) is 45.3 Å². The molecule has 1 aliphatic heterocycles. The molecule has 9 heteroatoms. The number of rotatable bonds is 3. The number of aryl methyl sites for hydroxylation is 1. The molecule has 0 aliphatic carbocycles. The molecule has 132 valence electrons. The number of aliphatic carboxylic acids is 1. The van der Waals surface area contributed by atoms with Gasteiger partial charge in [-0.3, -0.25) is 10.1 Å². The number of nitrogens with zero attached hydrogens (tertiary/aromatic N) is 3. The number of anilines is 1. The molecule has 1 aromatic carbocycles. The van der Waals surface area contributed by atoms with Gasteiger partial charge in [-0.15, -0.1) is 10.2 Å². The van der Waals surface area contributed by atoms with Gasteiger partial charge < -0.3 is 10.0 Å². The number of benzene rings is 1. The van der Waals surface area contributed by atoms with Crippen LogP contribution in [0, 0.1) is 18.7 Å². The summed E-state index contributed by atoms with van der Waals surface area (Å²) in [5.74, 6) is -1.80. The van der Waals surface area contributed by atoms with E-state index in [9.17, 15) is 14.0 Å². The third kappa shape index (κ3) is 3.93. The number of carbonyl (C=O) groups is 2. The van der Waals surface area contributed by atoms with E-state index in [0.717, 1.165) is 16.9 Å². The van der Waals surface area contributed by atoms with E-state index in [2.05, 4.69) is 15.5 Å². The molecule has 1 aromatic heterocycles. The molecular weight excluding hydrogens is 347 g/mol. The van der Waals surface area contributed by atoms with Gasteiger partial charge in [-0.05, 0) is 37.5 Å². The number of hydrogen-bond acceptors (Lipinski definition) is 5. The van der Waals surface area contributed by atoms with E-state index in [-0.39, 0.29) is 12.4 Å². The zero-order valence-electron chi connectivity index (χ0n) is 13.5. The summed E-state index contributed by atoms with van der Waals surface area (Å²) in [7, 11) is 0. The normalized spacial score (nSPS) is 17.4. The second-order valence-electron chi connectivity index (χ2n) is 5.93. The number of hydrogen-bond donors (Lipinski definition) is 2. The Balaban J connectivity index is 1.70. The van der Waals surface area contributed by atoms with Gasteiger partial charge >= 0.3 is 12.0 Å². The van der Waals surface area contributed by atoms with Gasteiger partial charge in [-0.2, -0.15) is 0 Å². The molecule has 2 amide bonds. The van der Waals surface area contributed by atoms with Crippen molar-refractivity contribution >= 4 is 28.5 Å². The van der Waals surface area contributed by atoms with Crippen LogP contribution in [0.25, 0.3) is 10.6 Å². The summed E-state index contributed by atoms with van der Waals surface area (Å²) in [6.07, 6.45) is 1.22. The summed E-state index contributed by atoms with van der Waals surface area (Å²) in [5.41, 5.74) is 1.48. The third-order valence-corrected chi connectivity index (χ3v) is 5.00. The summed E-state index contributed by atoms with van der Waals surface area (Å²) in [5, 5.41) is 20.5. The number of carbonyl (C=O) groups excluding carboxylic acids is 1. The summed E-state index contributed by atoms with van der Waals surface area (Å²) in [6.45, 7) is 2.52. The smallest absolute Gasteiger partial charge is 0.323 e. The predicted molar refractivity (Wildman–Crippen MR) is 91.0 cm³/mol. The molecule has 2 N–H and O–H groups in total. The van der Waals surface area contributed by atoms with E-state index in [0.29, 0.717) is 35.1 Å². The fraction of sp³-hybridized carbons (Fsp3) is 0.375. The number of likely N-dealkylation sites (tertiary alicyclic amines) is 1. The largest absolute Gasteiger partial charge is 0.481 e. The maximum atomic E-state index is 13.4. The van der Waals surface area contributed by atoms with Crippen LogP contribution in [0.5, 0.6) is 0 Å². The molecule has 1 unspecified atom stereocenters. The molecule has 7 nitrogen and oxygen atoms in total. The maximum absolute atomic E-state index is 13.4. The minimum absolute atomic E-state index is 0.176. The van der Waals surface area contributed by atoms with Gasteiger partial charge in [0, 0.05) is 18.7 Å². The van der Waals surface area contributed by atoms with Crippen molar-refractivity contribution in [3.05, 3.63) is 29.6 Å². The Bertz CT molecular complexity index is 810. The first-order valence-electron chi connectivity index (χ1n) is 7.83. The van der Waals surface area contributed by atoms with E-state index in [1.807, 2.05) is 6.92 Å². The van der Waals surface area contributed by atoms with E-state index in [1.54, 1.807) is 6.07 Å². The quantitative estimate of drug-likeness (QED) is 0.873. The van der Waals surface area contributed by atoms with Crippen molar-refractivity contribution in [2.45, 2.75) is 19.8 Å². The zero-order valence-corrected chi connectivity index (χ0v) is 14.3. The first-order valence-corrected chi connectivity index (χ1v) is 8.64. The topological polar surface area (TPSA) is 95.4 Å². The Morgan fingerprint density at radius 1 is 1.40 bits per heavy atom. The molecule has 1 saturated heterocycles. The lowest BCUT2D eigenvalue weighted by Crippen LogP contribution is -2.44. The van der Waals surface area contributed by atoms with Gasteiger partial charge in [0.25, 0.3) is 0 Å². The number of nitrogens with one attached hydrogen (secondary N) is 1. The number of aromatic nitrogens is 2. The molecule has 1 fully saturated rings. The van der Waals surface area contributed by atoms with Crippen molar-refractivity contribution in [3.8, 4) is 10.6 Å². The third-order valence-electron chi connectivity index (χ3n) is 4.13. The molecule has 0 bridgehead atoms. The van der Waals surface area contributed by atoms with Gasteiger partial charge in [-0.1, -0.05) is 17.4 Å². The Hall–Kier alpha value is -2.55. The highest BCUT2D eigenvalue weighted by atomic mass is 32.1. The SMILES string of the molecule is Cc1ccc(F)cc1-c1nnc(NC(=O)N2CCCC(C(=O)O)C2)s1. The second kappa shape index (κ2) is 7.14. The fourth-order valence-electron chi connectivity index (χ4n) is 2.74. The minimum atomic E-state index is -0.891. The maximum Gasteiger partial charge on any atom is 0.323 e. The van der Waals surface area contributed by atoms with Gasteiger partial charge in [-0.25, -0.2) is 9.18 Å². The molecule has 1 aliphatic rings. The van der Waals surface area contributed by atoms with Crippen molar-refractivity contribution in [2.24, 2.45) is 5.92 Å². The minimum Gasteiger partial charge on any atom is -0.481 e. The van der Waals surface area contributed by atoms with Gasteiger partial charge in [0.2, 0.25) is 5.13 Å². The Kier molecular flexibility index (Phi) is 4.93. The monoisotopic (exact) mass is 364 g/mol. The second-order valence-corrected chi connectivity index (χ2v) is 6.90. The highest BCUT2D eigenvalue weighted by Crippen LogP contribution is 2.29. The first-order chi connectivity index (χ1) is 11.9. The summed E-state index contributed by atoms with van der Waals surface area (Å²) in [4.78, 5) is 24.9. The Morgan fingerprint density at radius 2 is 2.20 bits per heavy atom. The summed E-state index contributed by atoms with van der Waals surface area (Å²) in [6, 6.07) is 4.01. The lowest BCUT2D eigenvalue weighted by molar-refractivity contribution is -0.143. The van der Waals surface area contributed by atoms with E-state index >= 15 is 0 Å². The predicted octanol–water partition coefficient (Wildman–Crippen LogP) is 2.98. The van der Waals surface area contributed by atoms with Crippen LogP contribution in [0.3, 0.4) is 0 Å². The molecule has 25 heavy (non-hydrogen) atoms. The van der Waals surface area contributed by atoms with Crippen LogP contribution in [0.2, 0.25) is 0 Å². The molecule has 2 aromatic rings. The Labute approximate surface area is 147 Å². The molecule has 0 saturated carbocycles. The summed E-state index contributed by atoms with van der Waals surface area (Å²) >= 11 is 1.14. The van der Waals surface area contributed by atoms with Crippen LogP contribution in [0.15, 0.2) is 18.2 Å². The number of carboxylic acid groups (broad SMARTS) is 1. The summed E-state index contributed by atoms with van der Waals surface area (Å²) < 4.78 is 13.4. The molecule has 2 heterocycles. The fourth-order valence-corrected chi connectivity index (χ4v) is 3.56. The van der Waals surface area contributed by atoms with Crippen molar-refractivity contribution in [1.29, 1.82) is 0 Å². The molecule has 0 spiro atoms. The van der Waals surface area contributed by atoms with Crippen LogP contribution < -0.4 is 5.32 Å². The molecule has 0 radical (unpaired) electrons. The van der Waals surface area contributed by atoms with Crippen molar-refractivity contribution in [2.75, 3.05) is 18.4 Å². The van der Waals surface area contributed by atoms with Crippen molar-refractivity contribution < 1.29 is 19.1 Å². The lowest BCUT2D eigenvalue weighted by Gasteiger charge is -2.30. The van der Waals surface area contributed by atoms with Crippen LogP contribution in [0.4, 0.5) is 14.3 Å². The van der Waals surface area contributed by atoms with Gasteiger partial charge in [0.15, 0.2) is 0 Å². The van der Waals surface area contributed by atoms with E-state index < -0.39 is 17.9 Å². The number of carboxylic acids is 1.